The molecule has 2 bridgehead atoms. The summed E-state index contributed by atoms with van der Waals surface area (Å²) < 4.78 is 35.3. The van der Waals surface area contributed by atoms with E-state index in [2.05, 4.69) is 8.37 Å². The molecule has 108 valence electrons. The van der Waals surface area contributed by atoms with Gasteiger partial charge in [-0.25, -0.2) is 8.37 Å². The third-order valence-corrected chi connectivity index (χ3v) is 3.94. The van der Waals surface area contributed by atoms with Crippen molar-refractivity contribution in [3.8, 4) is 0 Å². The van der Waals surface area contributed by atoms with Crippen LogP contribution in [0, 0.1) is 0 Å². The highest BCUT2D eigenvalue weighted by Gasteiger charge is 2.85. The molecule has 0 aromatic heterocycles. The fourth-order valence-electron chi connectivity index (χ4n) is 2.21. The maximum absolute atomic E-state index is 11.0. The first kappa shape index (κ1) is 16.0. The second-order valence-electron chi connectivity index (χ2n) is 3.90. The third kappa shape index (κ3) is 1.42. The summed E-state index contributed by atoms with van der Waals surface area (Å²) in [6.07, 6.45) is -6.49. The van der Waals surface area contributed by atoms with Crippen molar-refractivity contribution < 1.29 is 41.9 Å². The molecule has 0 radical (unpaired) electrons. The minimum atomic E-state index is -4.60. The second-order valence-corrected chi connectivity index (χ2v) is 5.05. The molecule has 12 heteroatoms. The van der Waals surface area contributed by atoms with Crippen LogP contribution in [-0.4, -0.2) is 64.8 Å². The lowest BCUT2D eigenvalue weighted by atomic mass is 9.74. The molecule has 3 heterocycles. The van der Waals surface area contributed by atoms with Gasteiger partial charge in [-0.2, -0.15) is 8.42 Å². The van der Waals surface area contributed by atoms with E-state index in [4.69, 9.17) is 4.74 Å². The van der Waals surface area contributed by atoms with Crippen molar-refractivity contribution in [3.05, 3.63) is 0 Å². The first-order valence-electron chi connectivity index (χ1n) is 4.34. The van der Waals surface area contributed by atoms with Gasteiger partial charge in [0.05, 0.1) is 0 Å². The number of hydrogen-bond donors (Lipinski definition) is 5. The smallest absolute Gasteiger partial charge is 0.387 e. The van der Waals surface area contributed by atoms with Crippen LogP contribution in [0.25, 0.3) is 0 Å². The predicted octanol–water partition coefficient (Wildman–Crippen LogP) is -3.26. The van der Waals surface area contributed by atoms with Crippen LogP contribution in [0.5, 0.6) is 0 Å². The summed E-state index contributed by atoms with van der Waals surface area (Å²) in [5.74, 6) is -5.24. The van der Waals surface area contributed by atoms with Crippen LogP contribution in [0.15, 0.2) is 0 Å². The Hall–Kier alpha value is -0.0800. The zero-order valence-corrected chi connectivity index (χ0v) is 10.3. The Bertz CT molecular complexity index is 458. The lowest BCUT2D eigenvalue weighted by molar-refractivity contribution is -0.498. The summed E-state index contributed by atoms with van der Waals surface area (Å²) in [5, 5.41) is 38.3. The molecule has 0 aromatic carbocycles. The first-order chi connectivity index (χ1) is 7.24. The second kappa shape index (κ2) is 3.96. The molecule has 1 aliphatic carbocycles. The Morgan fingerprint density at radius 2 is 1.61 bits per heavy atom. The lowest BCUT2D eigenvalue weighted by Crippen LogP contribution is -2.86. The average Bonchev–Trinajstić information content (AvgIpc) is 2.41. The number of rotatable bonds is 0. The van der Waals surface area contributed by atoms with E-state index in [9.17, 15) is 28.8 Å². The quantitative estimate of drug-likeness (QED) is 0.305. The molecule has 0 aromatic rings. The van der Waals surface area contributed by atoms with Crippen LogP contribution < -0.4 is 6.15 Å². The number of fused-ring (bicyclic) bond motifs is 1. The SMILES string of the molecule is Cl.N.O=S1(=O)OC23O[C@@H](C2O)[C@@H](O)[C@H](O)[C@@]3(O)O1. The van der Waals surface area contributed by atoms with E-state index >= 15 is 0 Å². The van der Waals surface area contributed by atoms with E-state index in [0.717, 1.165) is 0 Å². The van der Waals surface area contributed by atoms with E-state index < -0.39 is 46.4 Å². The molecule has 1 spiro atoms. The van der Waals surface area contributed by atoms with Crippen molar-refractivity contribution in [3.63, 3.8) is 0 Å². The lowest BCUT2D eigenvalue weighted by Gasteiger charge is -2.59. The number of hydrogen-bond acceptors (Lipinski definition) is 10. The average molecular weight is 310 g/mol. The summed E-state index contributed by atoms with van der Waals surface area (Å²) >= 11 is 0. The van der Waals surface area contributed by atoms with Gasteiger partial charge in [-0.3, -0.25) is 0 Å². The molecule has 6 atom stereocenters. The van der Waals surface area contributed by atoms with Crippen LogP contribution in [0.2, 0.25) is 0 Å². The highest BCUT2D eigenvalue weighted by atomic mass is 35.5. The zero-order chi connectivity index (χ0) is 11.9. The molecular weight excluding hydrogens is 298 g/mol. The van der Waals surface area contributed by atoms with Gasteiger partial charge in [0.25, 0.3) is 11.6 Å². The van der Waals surface area contributed by atoms with Gasteiger partial charge in [-0.15, -0.1) is 12.4 Å². The molecule has 10 nitrogen and oxygen atoms in total. The first-order valence-corrected chi connectivity index (χ1v) is 5.67. The van der Waals surface area contributed by atoms with E-state index in [0.29, 0.717) is 0 Å². The third-order valence-electron chi connectivity index (χ3n) is 3.03. The number of halogens is 1. The van der Waals surface area contributed by atoms with Crippen LogP contribution in [0.1, 0.15) is 0 Å². The Labute approximate surface area is 107 Å². The van der Waals surface area contributed by atoms with Gasteiger partial charge < -0.3 is 31.3 Å². The summed E-state index contributed by atoms with van der Waals surface area (Å²) in [5.41, 5.74) is 0. The maximum Gasteiger partial charge on any atom is 0.405 e. The molecule has 4 fully saturated rings. The highest BCUT2D eigenvalue weighted by Crippen LogP contribution is 2.57. The van der Waals surface area contributed by atoms with E-state index in [-0.39, 0.29) is 18.6 Å². The van der Waals surface area contributed by atoms with Crippen molar-refractivity contribution >= 4 is 22.8 Å². The van der Waals surface area contributed by atoms with Crippen molar-refractivity contribution in [2.75, 3.05) is 0 Å². The Balaban J connectivity index is 0.000000810. The minimum absolute atomic E-state index is 0. The molecule has 1 saturated carbocycles. The Morgan fingerprint density at radius 1 is 1.06 bits per heavy atom. The van der Waals surface area contributed by atoms with Crippen LogP contribution in [0.3, 0.4) is 0 Å². The van der Waals surface area contributed by atoms with Gasteiger partial charge in [-0.1, -0.05) is 0 Å². The molecule has 2 unspecified atom stereocenters. The van der Waals surface area contributed by atoms with Crippen molar-refractivity contribution in [2.24, 2.45) is 0 Å². The van der Waals surface area contributed by atoms with Gasteiger partial charge in [-0.05, 0) is 0 Å². The molecule has 0 amide bonds. The fraction of sp³-hybridized carbons (Fsp3) is 1.00. The normalized spacial score (nSPS) is 55.6. The topological polar surface area (TPSA) is 178 Å². The van der Waals surface area contributed by atoms with Gasteiger partial charge in [0.15, 0.2) is 0 Å². The van der Waals surface area contributed by atoms with Gasteiger partial charge in [0.2, 0.25) is 0 Å². The molecule has 4 aliphatic rings. The molecular formula is C6H12ClNO9S. The van der Waals surface area contributed by atoms with Crippen LogP contribution >= 0.6 is 12.4 Å². The molecule has 3 aliphatic heterocycles. The molecule has 7 N–H and O–H groups in total. The van der Waals surface area contributed by atoms with Crippen molar-refractivity contribution in [1.29, 1.82) is 0 Å². The van der Waals surface area contributed by atoms with E-state index in [1.165, 1.54) is 0 Å². The number of aliphatic hydroxyl groups excluding tert-OH is 3. The molecule has 3 saturated heterocycles. The summed E-state index contributed by atoms with van der Waals surface area (Å²) in [6, 6.07) is 0. The van der Waals surface area contributed by atoms with Gasteiger partial charge in [0.1, 0.15) is 24.4 Å². The Morgan fingerprint density at radius 3 is 2.11 bits per heavy atom. The number of aliphatic hydroxyl groups is 4. The minimum Gasteiger partial charge on any atom is -0.387 e. The monoisotopic (exact) mass is 309 g/mol. The van der Waals surface area contributed by atoms with Crippen LogP contribution in [0.4, 0.5) is 0 Å². The van der Waals surface area contributed by atoms with Gasteiger partial charge >= 0.3 is 10.4 Å². The van der Waals surface area contributed by atoms with Crippen LogP contribution in [-0.2, 0) is 23.5 Å². The fourth-order valence-corrected chi connectivity index (χ4v) is 3.33. The maximum atomic E-state index is 11.0. The summed E-state index contributed by atoms with van der Waals surface area (Å²) in [4.78, 5) is 0. The largest absolute Gasteiger partial charge is 0.405 e. The zero-order valence-electron chi connectivity index (χ0n) is 8.66. The summed E-state index contributed by atoms with van der Waals surface area (Å²) in [7, 11) is -4.60. The Kier molecular flexibility index (Phi) is 3.51. The van der Waals surface area contributed by atoms with Crippen molar-refractivity contribution in [1.82, 2.24) is 6.15 Å². The van der Waals surface area contributed by atoms with Gasteiger partial charge in [0, 0.05) is 0 Å². The number of ether oxygens (including phenoxy) is 1. The molecule has 4 rings (SSSR count). The van der Waals surface area contributed by atoms with E-state index in [1.54, 1.807) is 0 Å². The summed E-state index contributed by atoms with van der Waals surface area (Å²) in [6.45, 7) is 0. The predicted molar refractivity (Wildman–Crippen MR) is 53.9 cm³/mol. The van der Waals surface area contributed by atoms with E-state index in [1.807, 2.05) is 0 Å². The standard InChI is InChI=1S/C6H8O9S.ClH.H3N/c7-1-2-4(9)6(13-2)5(10,3(1)8)14-16(11,12)15-6;;/h1-4,7-10H;1H;1H3/t1-,2-,3+,4?,5-,6?;;/m1../s1. The highest BCUT2D eigenvalue weighted by molar-refractivity contribution is 7.82. The van der Waals surface area contributed by atoms with Crippen molar-refractivity contribution in [2.45, 2.75) is 36.0 Å². The molecule has 18 heavy (non-hydrogen) atoms.